The van der Waals surface area contributed by atoms with Crippen molar-refractivity contribution in [3.05, 3.63) is 51.5 Å². The van der Waals surface area contributed by atoms with E-state index in [0.29, 0.717) is 12.2 Å². The normalized spacial score (nSPS) is 20.3. The average Bonchev–Trinajstić information content (AvgIpc) is 3.19. The molecule has 0 amide bonds. The Labute approximate surface area is 184 Å². The third kappa shape index (κ3) is 7.07. The zero-order valence-electron chi connectivity index (χ0n) is 18.6. The second-order valence-corrected chi connectivity index (χ2v) is 9.14. The molecule has 0 radical (unpaired) electrons. The van der Waals surface area contributed by atoms with Crippen LogP contribution in [0.3, 0.4) is 0 Å². The monoisotopic (exact) mass is 429 g/mol. The zero-order chi connectivity index (χ0) is 21.3. The molecule has 1 aromatic carbocycles. The highest BCUT2D eigenvalue weighted by Crippen LogP contribution is 2.15. The van der Waals surface area contributed by atoms with E-state index in [2.05, 4.69) is 70.5 Å². The Hall–Kier alpha value is -1.96. The quantitative estimate of drug-likeness (QED) is 0.498. The third-order valence-electron chi connectivity index (χ3n) is 5.19. The van der Waals surface area contributed by atoms with Gasteiger partial charge in [0.15, 0.2) is 5.96 Å². The Morgan fingerprint density at radius 3 is 2.50 bits per heavy atom. The first-order valence-electron chi connectivity index (χ1n) is 10.9. The number of thiazole rings is 1. The molecule has 1 fully saturated rings. The molecule has 164 valence electrons. The van der Waals surface area contributed by atoms with Crippen molar-refractivity contribution in [2.24, 2.45) is 4.99 Å². The van der Waals surface area contributed by atoms with Gasteiger partial charge in [0.1, 0.15) is 0 Å². The van der Waals surface area contributed by atoms with Gasteiger partial charge in [0.2, 0.25) is 0 Å². The van der Waals surface area contributed by atoms with Gasteiger partial charge in [-0.15, -0.1) is 11.3 Å². The Bertz CT molecular complexity index is 794. The first kappa shape index (κ1) is 22.7. The standard InChI is InChI=1S/C23H35N5OS/c1-5-21-13-26-22(30-21)10-11-25-23(24-4)27-12-19-6-8-20(9-7-19)16-28-14-17(2)29-18(3)15-28/h6-9,13,17-18H,5,10-12,14-16H2,1-4H3,(H2,24,25,27). The van der Waals surface area contributed by atoms with Gasteiger partial charge in [0.05, 0.1) is 17.2 Å². The number of aliphatic imine (C=N–C) groups is 1. The molecule has 0 bridgehead atoms. The number of benzene rings is 1. The van der Waals surface area contributed by atoms with Gasteiger partial charge in [-0.05, 0) is 31.4 Å². The molecular weight excluding hydrogens is 394 g/mol. The molecule has 6 nitrogen and oxygen atoms in total. The van der Waals surface area contributed by atoms with Gasteiger partial charge in [-0.1, -0.05) is 31.2 Å². The third-order valence-corrected chi connectivity index (χ3v) is 6.39. The second kappa shape index (κ2) is 11.4. The summed E-state index contributed by atoms with van der Waals surface area (Å²) in [6, 6.07) is 8.85. The summed E-state index contributed by atoms with van der Waals surface area (Å²) in [5, 5.41) is 7.95. The van der Waals surface area contributed by atoms with E-state index in [4.69, 9.17) is 4.74 Å². The molecule has 2 unspecified atom stereocenters. The van der Waals surface area contributed by atoms with E-state index in [9.17, 15) is 0 Å². The SMILES string of the molecule is CCc1cnc(CCNC(=NC)NCc2ccc(CN3CC(C)OC(C)C3)cc2)s1. The summed E-state index contributed by atoms with van der Waals surface area (Å²) in [4.78, 5) is 12.6. The van der Waals surface area contributed by atoms with Crippen molar-refractivity contribution in [1.82, 2.24) is 20.5 Å². The van der Waals surface area contributed by atoms with E-state index in [0.717, 1.165) is 51.5 Å². The molecule has 30 heavy (non-hydrogen) atoms. The number of nitrogens with zero attached hydrogens (tertiary/aromatic N) is 3. The smallest absolute Gasteiger partial charge is 0.191 e. The van der Waals surface area contributed by atoms with Crippen molar-refractivity contribution in [1.29, 1.82) is 0 Å². The molecule has 2 aromatic rings. The second-order valence-electron chi connectivity index (χ2n) is 7.94. The molecule has 0 spiro atoms. The van der Waals surface area contributed by atoms with Gasteiger partial charge >= 0.3 is 0 Å². The highest BCUT2D eigenvalue weighted by atomic mass is 32.1. The van der Waals surface area contributed by atoms with Crippen LogP contribution in [0.2, 0.25) is 0 Å². The maximum absolute atomic E-state index is 5.83. The Morgan fingerprint density at radius 2 is 1.87 bits per heavy atom. The molecule has 0 aliphatic carbocycles. The van der Waals surface area contributed by atoms with E-state index in [1.54, 1.807) is 18.4 Å². The van der Waals surface area contributed by atoms with E-state index in [1.165, 1.54) is 21.0 Å². The van der Waals surface area contributed by atoms with Crippen LogP contribution < -0.4 is 10.6 Å². The number of ether oxygens (including phenoxy) is 1. The largest absolute Gasteiger partial charge is 0.373 e. The molecule has 1 aromatic heterocycles. The van der Waals surface area contributed by atoms with E-state index < -0.39 is 0 Å². The predicted molar refractivity (Wildman–Crippen MR) is 125 cm³/mol. The molecule has 3 rings (SSSR count). The van der Waals surface area contributed by atoms with Gasteiger partial charge in [-0.3, -0.25) is 9.89 Å². The minimum absolute atomic E-state index is 0.306. The average molecular weight is 430 g/mol. The van der Waals surface area contributed by atoms with Crippen molar-refractivity contribution in [2.45, 2.75) is 58.9 Å². The summed E-state index contributed by atoms with van der Waals surface area (Å²) in [5.41, 5.74) is 2.59. The molecule has 0 saturated carbocycles. The number of nitrogens with one attached hydrogen (secondary N) is 2. The fraction of sp³-hybridized carbons (Fsp3) is 0.565. The maximum Gasteiger partial charge on any atom is 0.191 e. The molecule has 1 aliphatic rings. The number of guanidine groups is 1. The van der Waals surface area contributed by atoms with Gasteiger partial charge in [0, 0.05) is 57.3 Å². The summed E-state index contributed by atoms with van der Waals surface area (Å²) < 4.78 is 5.83. The number of morpholine rings is 1. The molecule has 2 heterocycles. The fourth-order valence-electron chi connectivity index (χ4n) is 3.76. The number of aromatic nitrogens is 1. The van der Waals surface area contributed by atoms with Crippen molar-refractivity contribution in [3.8, 4) is 0 Å². The lowest BCUT2D eigenvalue weighted by Gasteiger charge is -2.35. The number of hydrogen-bond acceptors (Lipinski definition) is 5. The van der Waals surface area contributed by atoms with Crippen molar-refractivity contribution in [2.75, 3.05) is 26.7 Å². The van der Waals surface area contributed by atoms with Crippen LogP contribution in [0.4, 0.5) is 0 Å². The van der Waals surface area contributed by atoms with E-state index >= 15 is 0 Å². The maximum atomic E-state index is 5.83. The Morgan fingerprint density at radius 1 is 1.17 bits per heavy atom. The van der Waals surface area contributed by atoms with Gasteiger partial charge < -0.3 is 15.4 Å². The Kier molecular flexibility index (Phi) is 8.66. The van der Waals surface area contributed by atoms with Crippen LogP contribution in [-0.2, 0) is 30.7 Å². The topological polar surface area (TPSA) is 61.8 Å². The summed E-state index contributed by atoms with van der Waals surface area (Å²) in [7, 11) is 1.81. The lowest BCUT2D eigenvalue weighted by atomic mass is 10.1. The van der Waals surface area contributed by atoms with Crippen LogP contribution in [-0.4, -0.2) is 54.7 Å². The van der Waals surface area contributed by atoms with Crippen molar-refractivity contribution >= 4 is 17.3 Å². The summed E-state index contributed by atoms with van der Waals surface area (Å²) in [6.07, 6.45) is 4.56. The van der Waals surface area contributed by atoms with Gasteiger partial charge in [-0.25, -0.2) is 4.98 Å². The summed E-state index contributed by atoms with van der Waals surface area (Å²) in [5.74, 6) is 0.822. The summed E-state index contributed by atoms with van der Waals surface area (Å²) >= 11 is 1.79. The molecule has 2 atom stereocenters. The highest BCUT2D eigenvalue weighted by molar-refractivity contribution is 7.11. The van der Waals surface area contributed by atoms with Crippen LogP contribution in [0.15, 0.2) is 35.5 Å². The molecular formula is C23H35N5OS. The molecule has 1 saturated heterocycles. The van der Waals surface area contributed by atoms with Crippen LogP contribution in [0.5, 0.6) is 0 Å². The van der Waals surface area contributed by atoms with Crippen LogP contribution in [0.25, 0.3) is 0 Å². The zero-order valence-corrected chi connectivity index (χ0v) is 19.5. The lowest BCUT2D eigenvalue weighted by molar-refractivity contribution is -0.0704. The van der Waals surface area contributed by atoms with Gasteiger partial charge in [-0.2, -0.15) is 0 Å². The van der Waals surface area contributed by atoms with Crippen LogP contribution >= 0.6 is 11.3 Å². The molecule has 7 heteroatoms. The minimum Gasteiger partial charge on any atom is -0.373 e. The van der Waals surface area contributed by atoms with Crippen LogP contribution in [0, 0.1) is 0 Å². The summed E-state index contributed by atoms with van der Waals surface area (Å²) in [6.45, 7) is 11.0. The number of aryl methyl sites for hydroxylation is 1. The van der Waals surface area contributed by atoms with Crippen molar-refractivity contribution < 1.29 is 4.74 Å². The van der Waals surface area contributed by atoms with Crippen LogP contribution in [0.1, 0.15) is 41.8 Å². The highest BCUT2D eigenvalue weighted by Gasteiger charge is 2.21. The molecule has 2 N–H and O–H groups in total. The predicted octanol–water partition coefficient (Wildman–Crippen LogP) is 3.22. The Balaban J connectivity index is 1.40. The molecule has 1 aliphatic heterocycles. The lowest BCUT2D eigenvalue weighted by Crippen LogP contribution is -2.44. The first-order valence-corrected chi connectivity index (χ1v) is 11.7. The van der Waals surface area contributed by atoms with Gasteiger partial charge in [0.25, 0.3) is 0 Å². The minimum atomic E-state index is 0.306. The van der Waals surface area contributed by atoms with Crippen molar-refractivity contribution in [3.63, 3.8) is 0 Å². The first-order chi connectivity index (χ1) is 14.6. The van der Waals surface area contributed by atoms with E-state index in [-0.39, 0.29) is 0 Å². The number of hydrogen-bond donors (Lipinski definition) is 2. The van der Waals surface area contributed by atoms with E-state index in [1.807, 2.05) is 6.20 Å². The fourth-order valence-corrected chi connectivity index (χ4v) is 4.62. The number of rotatable bonds is 8.